The van der Waals surface area contributed by atoms with E-state index in [1.165, 1.54) is 6.07 Å². The molecule has 0 unspecified atom stereocenters. The third-order valence-corrected chi connectivity index (χ3v) is 1.22. The summed E-state index contributed by atoms with van der Waals surface area (Å²) in [6, 6.07) is 2.95. The van der Waals surface area contributed by atoms with Crippen molar-refractivity contribution in [3.63, 3.8) is 0 Å². The molecule has 2 N–H and O–H groups in total. The fourth-order valence-electron chi connectivity index (χ4n) is 0.739. The highest BCUT2D eigenvalue weighted by molar-refractivity contribution is 5.85. The molecule has 2 nitrogen and oxygen atoms in total. The second-order valence-electron chi connectivity index (χ2n) is 1.97. The van der Waals surface area contributed by atoms with Crippen LogP contribution < -0.4 is 5.73 Å². The van der Waals surface area contributed by atoms with Crippen molar-refractivity contribution in [2.45, 2.75) is 6.42 Å². The highest BCUT2D eigenvalue weighted by atomic mass is 35.5. The molecule has 0 radical (unpaired) electrons. The maximum atomic E-state index is 12.7. The minimum absolute atomic E-state index is 0. The van der Waals surface area contributed by atoms with E-state index in [1.807, 2.05) is 0 Å². The predicted octanol–water partition coefficient (Wildman–Crippen LogP) is 1.57. The second-order valence-corrected chi connectivity index (χ2v) is 1.97. The Bertz CT molecular complexity index is 220. The second kappa shape index (κ2) is 7.28. The van der Waals surface area contributed by atoms with Crippen LogP contribution >= 0.6 is 24.8 Å². The molecule has 70 valence electrons. The van der Waals surface area contributed by atoms with Crippen molar-refractivity contribution in [1.29, 1.82) is 0 Å². The van der Waals surface area contributed by atoms with Gasteiger partial charge >= 0.3 is 0 Å². The Morgan fingerprint density at radius 2 is 2.08 bits per heavy atom. The fourth-order valence-corrected chi connectivity index (χ4v) is 0.739. The zero-order chi connectivity index (χ0) is 7.40. The van der Waals surface area contributed by atoms with Crippen LogP contribution in [-0.4, -0.2) is 11.5 Å². The number of pyridine rings is 1. The van der Waals surface area contributed by atoms with Gasteiger partial charge in [-0.2, -0.15) is 0 Å². The summed E-state index contributed by atoms with van der Waals surface area (Å²) < 4.78 is 12.7. The van der Waals surface area contributed by atoms with Gasteiger partial charge in [-0.25, -0.2) is 4.39 Å². The van der Waals surface area contributed by atoms with E-state index < -0.39 is 0 Å². The van der Waals surface area contributed by atoms with E-state index in [4.69, 9.17) is 5.73 Å². The van der Waals surface area contributed by atoms with Gasteiger partial charge in [0.2, 0.25) is 0 Å². The standard InChI is InChI=1S/C7H9FN2.2ClH/c8-6-2-1-5-10-7(6)3-4-9;;/h1-2,5H,3-4,9H2;2*1H. The Hall–Kier alpha value is -0.380. The van der Waals surface area contributed by atoms with E-state index in [1.54, 1.807) is 12.3 Å². The molecule has 5 heteroatoms. The van der Waals surface area contributed by atoms with Crippen LogP contribution in [-0.2, 0) is 6.42 Å². The summed E-state index contributed by atoms with van der Waals surface area (Å²) in [7, 11) is 0. The third kappa shape index (κ3) is 3.85. The molecule has 1 aromatic rings. The van der Waals surface area contributed by atoms with E-state index in [2.05, 4.69) is 4.98 Å². The largest absolute Gasteiger partial charge is 0.330 e. The van der Waals surface area contributed by atoms with Crippen LogP contribution in [0, 0.1) is 5.82 Å². The molecule has 0 aliphatic rings. The van der Waals surface area contributed by atoms with Crippen molar-refractivity contribution in [1.82, 2.24) is 4.98 Å². The number of aromatic nitrogens is 1. The highest BCUT2D eigenvalue weighted by Gasteiger charge is 1.98. The summed E-state index contributed by atoms with van der Waals surface area (Å²) in [4.78, 5) is 3.81. The van der Waals surface area contributed by atoms with Crippen LogP contribution in [0.15, 0.2) is 18.3 Å². The maximum absolute atomic E-state index is 12.7. The van der Waals surface area contributed by atoms with Gasteiger partial charge < -0.3 is 5.73 Å². The molecule has 0 saturated carbocycles. The third-order valence-electron chi connectivity index (χ3n) is 1.22. The van der Waals surface area contributed by atoms with Crippen LogP contribution in [0.5, 0.6) is 0 Å². The topological polar surface area (TPSA) is 38.9 Å². The smallest absolute Gasteiger partial charge is 0.144 e. The van der Waals surface area contributed by atoms with Gasteiger partial charge in [0.25, 0.3) is 0 Å². The Labute approximate surface area is 83.2 Å². The lowest BCUT2D eigenvalue weighted by atomic mass is 10.2. The van der Waals surface area contributed by atoms with E-state index >= 15 is 0 Å². The van der Waals surface area contributed by atoms with Crippen molar-refractivity contribution in [2.75, 3.05) is 6.54 Å². The molecule has 1 heterocycles. The van der Waals surface area contributed by atoms with Crippen LogP contribution in [0.3, 0.4) is 0 Å². The molecule has 1 rings (SSSR count). The SMILES string of the molecule is Cl.Cl.NCCc1ncccc1F. The number of nitrogens with zero attached hydrogens (tertiary/aromatic N) is 1. The molecule has 0 fully saturated rings. The van der Waals surface area contributed by atoms with Gasteiger partial charge in [0, 0.05) is 12.6 Å². The first-order valence-corrected chi connectivity index (χ1v) is 3.14. The molecule has 0 amide bonds. The van der Waals surface area contributed by atoms with Gasteiger partial charge in [0.15, 0.2) is 0 Å². The van der Waals surface area contributed by atoms with Gasteiger partial charge in [-0.15, -0.1) is 24.8 Å². The molecule has 0 bridgehead atoms. The van der Waals surface area contributed by atoms with Gasteiger partial charge in [-0.05, 0) is 18.7 Å². The first-order chi connectivity index (χ1) is 4.84. The first-order valence-electron chi connectivity index (χ1n) is 3.14. The lowest BCUT2D eigenvalue weighted by molar-refractivity contribution is 0.598. The molecule has 0 aliphatic carbocycles. The Balaban J connectivity index is 0. The van der Waals surface area contributed by atoms with E-state index in [9.17, 15) is 4.39 Å². The molecular weight excluding hydrogens is 202 g/mol. The van der Waals surface area contributed by atoms with Gasteiger partial charge in [0.05, 0.1) is 5.69 Å². The molecular formula is C7H11Cl2FN2. The number of nitrogens with two attached hydrogens (primary N) is 1. The van der Waals surface area contributed by atoms with E-state index in [-0.39, 0.29) is 30.6 Å². The summed E-state index contributed by atoms with van der Waals surface area (Å²) in [5.74, 6) is -0.270. The summed E-state index contributed by atoms with van der Waals surface area (Å²) >= 11 is 0. The van der Waals surface area contributed by atoms with Gasteiger partial charge in [-0.1, -0.05) is 0 Å². The van der Waals surface area contributed by atoms with Crippen molar-refractivity contribution < 1.29 is 4.39 Å². The predicted molar refractivity (Wildman–Crippen MR) is 51.4 cm³/mol. The van der Waals surface area contributed by atoms with Crippen molar-refractivity contribution in [3.05, 3.63) is 29.8 Å². The molecule has 12 heavy (non-hydrogen) atoms. The molecule has 0 spiro atoms. The van der Waals surface area contributed by atoms with Crippen LogP contribution in [0.25, 0.3) is 0 Å². The zero-order valence-electron chi connectivity index (χ0n) is 6.37. The minimum Gasteiger partial charge on any atom is -0.330 e. The average molecular weight is 213 g/mol. The highest BCUT2D eigenvalue weighted by Crippen LogP contribution is 2.01. The van der Waals surface area contributed by atoms with E-state index in [0.29, 0.717) is 18.7 Å². The monoisotopic (exact) mass is 212 g/mol. The molecule has 0 aliphatic heterocycles. The van der Waals surface area contributed by atoms with Crippen molar-refractivity contribution in [3.8, 4) is 0 Å². The summed E-state index contributed by atoms with van der Waals surface area (Å²) in [6.45, 7) is 0.438. The lowest BCUT2D eigenvalue weighted by Gasteiger charge is -1.96. The Kier molecular flexibility index (Phi) is 8.59. The van der Waals surface area contributed by atoms with Crippen LogP contribution in [0.2, 0.25) is 0 Å². The summed E-state index contributed by atoms with van der Waals surface area (Å²) in [6.07, 6.45) is 2.07. The number of halogens is 3. The normalized spacial score (nSPS) is 8.17. The van der Waals surface area contributed by atoms with Gasteiger partial charge in [-0.3, -0.25) is 4.98 Å². The summed E-state index contributed by atoms with van der Waals surface area (Å²) in [5, 5.41) is 0. The number of rotatable bonds is 2. The van der Waals surface area contributed by atoms with Crippen LogP contribution in [0.4, 0.5) is 4.39 Å². The first kappa shape index (κ1) is 14.2. The Morgan fingerprint density at radius 1 is 1.42 bits per heavy atom. The number of hydrogen-bond donors (Lipinski definition) is 1. The average Bonchev–Trinajstić information content (AvgIpc) is 1.94. The molecule has 1 aromatic heterocycles. The van der Waals surface area contributed by atoms with E-state index in [0.717, 1.165) is 0 Å². The maximum Gasteiger partial charge on any atom is 0.144 e. The van der Waals surface area contributed by atoms with Crippen molar-refractivity contribution >= 4 is 24.8 Å². The summed E-state index contributed by atoms with van der Waals surface area (Å²) in [5.41, 5.74) is 5.67. The van der Waals surface area contributed by atoms with Gasteiger partial charge in [0.1, 0.15) is 5.82 Å². The molecule has 0 atom stereocenters. The zero-order valence-corrected chi connectivity index (χ0v) is 8.00. The van der Waals surface area contributed by atoms with Crippen molar-refractivity contribution in [2.24, 2.45) is 5.73 Å². The number of hydrogen-bond acceptors (Lipinski definition) is 2. The van der Waals surface area contributed by atoms with Crippen LogP contribution in [0.1, 0.15) is 5.69 Å². The minimum atomic E-state index is -0.270. The lowest BCUT2D eigenvalue weighted by Crippen LogP contribution is -2.05. The fraction of sp³-hybridized carbons (Fsp3) is 0.286. The molecule has 0 saturated heterocycles. The quantitative estimate of drug-likeness (QED) is 0.809. The Morgan fingerprint density at radius 3 is 2.58 bits per heavy atom. The molecule has 0 aromatic carbocycles.